The van der Waals surface area contributed by atoms with Gasteiger partial charge in [0.05, 0.1) is 16.8 Å². The molecule has 0 bridgehead atoms. The standard InChI is InChI=1S/C32H33F3N6O4/c1-7-24-28(23-14-9-20(29(44)36-17(3)4)15-25(23)38-26(42)8-2)30(45)41-19(6)18(5)40(31(41)39-24)16-27(43)37-22-12-10-21(11-13-22)32(33,34)35/h8-15,17H,2,7,16H2,1,3-6H3,(H,36,44)(H,37,43)(H,38,42). The molecule has 45 heavy (non-hydrogen) atoms. The molecule has 0 aliphatic carbocycles. The molecule has 0 aliphatic rings. The molecule has 0 atom stereocenters. The number of rotatable bonds is 9. The lowest BCUT2D eigenvalue weighted by molar-refractivity contribution is -0.137. The van der Waals surface area contributed by atoms with Crippen LogP contribution in [0.15, 0.2) is 59.9 Å². The maximum atomic E-state index is 14.2. The van der Waals surface area contributed by atoms with E-state index >= 15 is 0 Å². The van der Waals surface area contributed by atoms with Crippen molar-refractivity contribution in [2.45, 2.75) is 59.8 Å². The summed E-state index contributed by atoms with van der Waals surface area (Å²) in [5.41, 5.74) is 1.41. The Hall–Kier alpha value is -5.20. The van der Waals surface area contributed by atoms with Gasteiger partial charge < -0.3 is 20.5 Å². The normalized spacial score (nSPS) is 11.5. The minimum absolute atomic E-state index is 0.126. The van der Waals surface area contributed by atoms with Gasteiger partial charge in [-0.15, -0.1) is 0 Å². The van der Waals surface area contributed by atoms with Gasteiger partial charge in [-0.2, -0.15) is 13.2 Å². The average Bonchev–Trinajstić information content (AvgIpc) is 3.21. The molecule has 3 N–H and O–H groups in total. The van der Waals surface area contributed by atoms with Crippen LogP contribution >= 0.6 is 0 Å². The average molecular weight is 623 g/mol. The molecule has 13 heteroatoms. The number of alkyl halides is 3. The Morgan fingerprint density at radius 3 is 2.27 bits per heavy atom. The topological polar surface area (TPSA) is 127 Å². The van der Waals surface area contributed by atoms with E-state index in [2.05, 4.69) is 22.5 Å². The molecule has 0 fully saturated rings. The van der Waals surface area contributed by atoms with Gasteiger partial charge in [-0.05, 0) is 76.6 Å². The van der Waals surface area contributed by atoms with Crippen molar-refractivity contribution in [2.24, 2.45) is 0 Å². The fourth-order valence-electron chi connectivity index (χ4n) is 4.88. The number of carbonyl (C=O) groups is 3. The van der Waals surface area contributed by atoms with E-state index in [1.807, 2.05) is 13.8 Å². The Labute approximate surface area is 257 Å². The van der Waals surface area contributed by atoms with Gasteiger partial charge >= 0.3 is 6.18 Å². The van der Waals surface area contributed by atoms with Gasteiger partial charge in [-0.25, -0.2) is 9.38 Å². The summed E-state index contributed by atoms with van der Waals surface area (Å²) in [5, 5.41) is 8.07. The van der Waals surface area contributed by atoms with Crippen molar-refractivity contribution in [3.63, 3.8) is 0 Å². The van der Waals surface area contributed by atoms with E-state index in [4.69, 9.17) is 4.98 Å². The Morgan fingerprint density at radius 2 is 1.69 bits per heavy atom. The molecule has 0 saturated heterocycles. The molecule has 0 aliphatic heterocycles. The Kier molecular flexibility index (Phi) is 9.31. The molecule has 2 aromatic heterocycles. The van der Waals surface area contributed by atoms with Crippen LogP contribution in [0.3, 0.4) is 0 Å². The Bertz CT molecular complexity index is 1870. The molecule has 10 nitrogen and oxygen atoms in total. The van der Waals surface area contributed by atoms with E-state index in [1.165, 1.54) is 10.5 Å². The summed E-state index contributed by atoms with van der Waals surface area (Å²) < 4.78 is 41.7. The first-order valence-electron chi connectivity index (χ1n) is 14.1. The maximum absolute atomic E-state index is 14.2. The zero-order valence-electron chi connectivity index (χ0n) is 25.4. The number of nitrogens with one attached hydrogen (secondary N) is 3. The second-order valence-corrected chi connectivity index (χ2v) is 10.7. The summed E-state index contributed by atoms with van der Waals surface area (Å²) in [5.74, 6) is -1.23. The third-order valence-electron chi connectivity index (χ3n) is 7.19. The van der Waals surface area contributed by atoms with Crippen LogP contribution < -0.4 is 21.5 Å². The van der Waals surface area contributed by atoms with Crippen LogP contribution in [0.2, 0.25) is 0 Å². The quantitative estimate of drug-likeness (QED) is 0.220. The van der Waals surface area contributed by atoms with Gasteiger partial charge in [0.2, 0.25) is 17.6 Å². The third-order valence-corrected chi connectivity index (χ3v) is 7.19. The minimum atomic E-state index is -4.50. The highest BCUT2D eigenvalue weighted by Crippen LogP contribution is 2.31. The maximum Gasteiger partial charge on any atom is 0.416 e. The monoisotopic (exact) mass is 622 g/mol. The second kappa shape index (κ2) is 12.8. The third kappa shape index (κ3) is 6.82. The van der Waals surface area contributed by atoms with Crippen LogP contribution in [0.25, 0.3) is 16.9 Å². The molecule has 3 amide bonds. The minimum Gasteiger partial charge on any atom is -0.350 e. The summed E-state index contributed by atoms with van der Waals surface area (Å²) in [6, 6.07) is 8.57. The Morgan fingerprint density at radius 1 is 1.02 bits per heavy atom. The van der Waals surface area contributed by atoms with Crippen molar-refractivity contribution in [1.82, 2.24) is 19.3 Å². The number of aromatic nitrogens is 3. The molecule has 2 heterocycles. The highest BCUT2D eigenvalue weighted by Gasteiger charge is 2.30. The number of halogens is 3. The van der Waals surface area contributed by atoms with Gasteiger partial charge in [0.15, 0.2) is 0 Å². The van der Waals surface area contributed by atoms with Crippen LogP contribution in [0.5, 0.6) is 0 Å². The molecule has 4 rings (SSSR count). The number of nitrogens with zero attached hydrogens (tertiary/aromatic N) is 3. The number of hydrogen-bond acceptors (Lipinski definition) is 5. The largest absolute Gasteiger partial charge is 0.416 e. The van der Waals surface area contributed by atoms with E-state index in [0.29, 0.717) is 29.1 Å². The van der Waals surface area contributed by atoms with Crippen molar-refractivity contribution in [1.29, 1.82) is 0 Å². The molecule has 2 aromatic carbocycles. The zero-order chi connectivity index (χ0) is 33.2. The van der Waals surface area contributed by atoms with Crippen molar-refractivity contribution in [3.8, 4) is 11.1 Å². The van der Waals surface area contributed by atoms with Crippen molar-refractivity contribution >= 4 is 34.9 Å². The number of benzene rings is 2. The highest BCUT2D eigenvalue weighted by atomic mass is 19.4. The van der Waals surface area contributed by atoms with Crippen LogP contribution in [0.4, 0.5) is 24.5 Å². The van der Waals surface area contributed by atoms with Crippen LogP contribution in [-0.2, 0) is 28.7 Å². The van der Waals surface area contributed by atoms with Crippen LogP contribution in [0, 0.1) is 13.8 Å². The number of fused-ring (bicyclic) bond motifs is 1. The first-order valence-corrected chi connectivity index (χ1v) is 14.1. The number of hydrogen-bond donors (Lipinski definition) is 3. The number of anilines is 2. The number of carbonyl (C=O) groups excluding carboxylic acids is 3. The van der Waals surface area contributed by atoms with Gasteiger partial charge in [0.25, 0.3) is 11.5 Å². The number of imidazole rings is 1. The van der Waals surface area contributed by atoms with Gasteiger partial charge in [0, 0.05) is 39.9 Å². The lowest BCUT2D eigenvalue weighted by Gasteiger charge is -2.16. The summed E-state index contributed by atoms with van der Waals surface area (Å²) in [7, 11) is 0. The molecule has 236 valence electrons. The number of amides is 3. The first kappa shape index (κ1) is 32.7. The van der Waals surface area contributed by atoms with Crippen molar-refractivity contribution in [3.05, 3.63) is 93.7 Å². The SMILES string of the molecule is C=CC(=O)Nc1cc(C(=O)NC(C)C)ccc1-c1c(CC)nc2n(CC(=O)Nc3ccc(C(F)(F)F)cc3)c(C)c(C)n2c1=O. The van der Waals surface area contributed by atoms with E-state index in [-0.39, 0.29) is 46.8 Å². The fourth-order valence-corrected chi connectivity index (χ4v) is 4.88. The molecular weight excluding hydrogens is 589 g/mol. The van der Waals surface area contributed by atoms with Gasteiger partial charge in [-0.3, -0.25) is 19.2 Å². The lowest BCUT2D eigenvalue weighted by atomic mass is 9.99. The summed E-state index contributed by atoms with van der Waals surface area (Å²) >= 11 is 0. The van der Waals surface area contributed by atoms with Crippen LogP contribution in [-0.4, -0.2) is 37.7 Å². The van der Waals surface area contributed by atoms with E-state index in [9.17, 15) is 32.3 Å². The fraction of sp³-hybridized carbons (Fsp3) is 0.281. The Balaban J connectivity index is 1.79. The molecule has 0 saturated carbocycles. The summed E-state index contributed by atoms with van der Waals surface area (Å²) in [6.07, 6.45) is -3.12. The first-order chi connectivity index (χ1) is 21.2. The van der Waals surface area contributed by atoms with E-state index in [0.717, 1.165) is 30.3 Å². The smallest absolute Gasteiger partial charge is 0.350 e. The summed E-state index contributed by atoms with van der Waals surface area (Å²) in [6.45, 7) is 12.1. The molecule has 0 unspecified atom stereocenters. The predicted molar refractivity (Wildman–Crippen MR) is 165 cm³/mol. The second-order valence-electron chi connectivity index (χ2n) is 10.7. The van der Waals surface area contributed by atoms with Crippen molar-refractivity contribution in [2.75, 3.05) is 10.6 Å². The zero-order valence-corrected chi connectivity index (χ0v) is 25.4. The van der Waals surface area contributed by atoms with Crippen molar-refractivity contribution < 1.29 is 27.6 Å². The van der Waals surface area contributed by atoms with E-state index < -0.39 is 29.1 Å². The van der Waals surface area contributed by atoms with Gasteiger partial charge in [0.1, 0.15) is 6.54 Å². The predicted octanol–water partition coefficient (Wildman–Crippen LogP) is 5.26. The molecule has 0 spiro atoms. The van der Waals surface area contributed by atoms with Crippen LogP contribution in [0.1, 0.15) is 53.8 Å². The highest BCUT2D eigenvalue weighted by molar-refractivity contribution is 6.04. The molecular formula is C32H33F3N6O4. The van der Waals surface area contributed by atoms with Gasteiger partial charge in [-0.1, -0.05) is 19.6 Å². The summed E-state index contributed by atoms with van der Waals surface area (Å²) in [4.78, 5) is 57.0. The molecule has 4 aromatic rings. The lowest BCUT2D eigenvalue weighted by Crippen LogP contribution is -2.30. The number of aryl methyl sites for hydroxylation is 2. The molecule has 0 radical (unpaired) electrons. The van der Waals surface area contributed by atoms with E-state index in [1.54, 1.807) is 37.5 Å².